The third kappa shape index (κ3) is 2.81. The Balaban J connectivity index is 3.11. The zero-order valence-electron chi connectivity index (χ0n) is 7.56. The molecule has 4 heteroatoms. The van der Waals surface area contributed by atoms with Crippen molar-refractivity contribution in [2.75, 3.05) is 0 Å². The predicted octanol–water partition coefficient (Wildman–Crippen LogP) is 4.21. The number of halogens is 3. The first-order valence-corrected chi connectivity index (χ1v) is 6.40. The number of benzene rings is 1. The standard InChI is InChI=1S/C10H9Br2ClO/c1-6(14)10(13)8-4-7(5-11)2-3-9(8)12/h2-4,10H,5H2,1H3. The molecule has 0 radical (unpaired) electrons. The van der Waals surface area contributed by atoms with Gasteiger partial charge < -0.3 is 0 Å². The van der Waals surface area contributed by atoms with Crippen molar-refractivity contribution in [2.24, 2.45) is 0 Å². The predicted molar refractivity (Wildman–Crippen MR) is 66.0 cm³/mol. The molecule has 0 aliphatic rings. The van der Waals surface area contributed by atoms with E-state index >= 15 is 0 Å². The van der Waals surface area contributed by atoms with Crippen LogP contribution in [0.15, 0.2) is 22.7 Å². The fourth-order valence-electron chi connectivity index (χ4n) is 1.09. The van der Waals surface area contributed by atoms with Crippen LogP contribution in [0.1, 0.15) is 23.4 Å². The molecule has 0 amide bonds. The van der Waals surface area contributed by atoms with Crippen LogP contribution in [0.5, 0.6) is 0 Å². The Bertz CT molecular complexity index is 352. The number of hydrogen-bond donors (Lipinski definition) is 0. The molecule has 0 spiro atoms. The average Bonchev–Trinajstić information content (AvgIpc) is 2.17. The van der Waals surface area contributed by atoms with E-state index in [-0.39, 0.29) is 5.78 Å². The van der Waals surface area contributed by atoms with Gasteiger partial charge in [-0.3, -0.25) is 4.79 Å². The summed E-state index contributed by atoms with van der Waals surface area (Å²) in [6, 6.07) is 5.81. The van der Waals surface area contributed by atoms with Gasteiger partial charge in [-0.05, 0) is 24.1 Å². The number of hydrogen-bond acceptors (Lipinski definition) is 1. The first kappa shape index (κ1) is 12.2. The van der Waals surface area contributed by atoms with E-state index in [0.29, 0.717) is 0 Å². The van der Waals surface area contributed by atoms with Crippen LogP contribution >= 0.6 is 43.5 Å². The van der Waals surface area contributed by atoms with Gasteiger partial charge in [0.25, 0.3) is 0 Å². The number of Topliss-reactive ketones (excluding diaryl/α,β-unsaturated/α-hetero) is 1. The molecule has 0 saturated carbocycles. The molecule has 0 aliphatic heterocycles. The molecule has 14 heavy (non-hydrogen) atoms. The highest BCUT2D eigenvalue weighted by atomic mass is 79.9. The van der Waals surface area contributed by atoms with Crippen molar-refractivity contribution in [1.29, 1.82) is 0 Å². The summed E-state index contributed by atoms with van der Waals surface area (Å²) in [6.45, 7) is 1.49. The summed E-state index contributed by atoms with van der Waals surface area (Å²) >= 11 is 12.7. The molecule has 0 fully saturated rings. The molecule has 0 aliphatic carbocycles. The maximum absolute atomic E-state index is 11.1. The van der Waals surface area contributed by atoms with Crippen LogP contribution in [0.4, 0.5) is 0 Å². The SMILES string of the molecule is CC(=O)C(Cl)c1cc(CBr)ccc1Br. The molecule has 0 aromatic heterocycles. The van der Waals surface area contributed by atoms with Crippen molar-refractivity contribution in [2.45, 2.75) is 17.6 Å². The maximum Gasteiger partial charge on any atom is 0.152 e. The topological polar surface area (TPSA) is 17.1 Å². The Labute approximate surface area is 105 Å². The zero-order chi connectivity index (χ0) is 10.7. The van der Waals surface area contributed by atoms with E-state index in [1.807, 2.05) is 18.2 Å². The van der Waals surface area contributed by atoms with Crippen LogP contribution in [0.25, 0.3) is 0 Å². The molecule has 1 aromatic rings. The van der Waals surface area contributed by atoms with Gasteiger partial charge in [0.15, 0.2) is 5.78 Å². The largest absolute Gasteiger partial charge is 0.298 e. The van der Waals surface area contributed by atoms with Crippen molar-refractivity contribution in [3.63, 3.8) is 0 Å². The highest BCUT2D eigenvalue weighted by Gasteiger charge is 2.16. The zero-order valence-corrected chi connectivity index (χ0v) is 11.5. The lowest BCUT2D eigenvalue weighted by molar-refractivity contribution is -0.116. The third-order valence-electron chi connectivity index (χ3n) is 1.84. The normalized spacial score (nSPS) is 12.6. The van der Waals surface area contributed by atoms with Crippen molar-refractivity contribution < 1.29 is 4.79 Å². The van der Waals surface area contributed by atoms with Crippen LogP contribution in [0.2, 0.25) is 0 Å². The van der Waals surface area contributed by atoms with E-state index < -0.39 is 5.38 Å². The second-order valence-electron chi connectivity index (χ2n) is 2.96. The Morgan fingerprint density at radius 1 is 1.57 bits per heavy atom. The third-order valence-corrected chi connectivity index (χ3v) is 3.76. The van der Waals surface area contributed by atoms with Gasteiger partial charge in [-0.2, -0.15) is 0 Å². The van der Waals surface area contributed by atoms with Crippen LogP contribution in [-0.4, -0.2) is 5.78 Å². The Kier molecular flexibility index (Phi) is 4.61. The van der Waals surface area contributed by atoms with Crippen LogP contribution in [0.3, 0.4) is 0 Å². The van der Waals surface area contributed by atoms with Gasteiger partial charge >= 0.3 is 0 Å². The van der Waals surface area contributed by atoms with Crippen LogP contribution in [0, 0.1) is 0 Å². The van der Waals surface area contributed by atoms with E-state index in [2.05, 4.69) is 31.9 Å². The summed E-state index contributed by atoms with van der Waals surface area (Å²) in [7, 11) is 0. The highest BCUT2D eigenvalue weighted by molar-refractivity contribution is 9.10. The second kappa shape index (κ2) is 5.29. The number of carbonyl (C=O) groups excluding carboxylic acids is 1. The first-order valence-electron chi connectivity index (χ1n) is 4.05. The van der Waals surface area contributed by atoms with Crippen molar-refractivity contribution in [3.05, 3.63) is 33.8 Å². The fraction of sp³-hybridized carbons (Fsp3) is 0.300. The summed E-state index contributed by atoms with van der Waals surface area (Å²) in [5, 5.41) is 0.192. The Morgan fingerprint density at radius 2 is 2.21 bits per heavy atom. The quantitative estimate of drug-likeness (QED) is 0.753. The fourth-order valence-corrected chi connectivity index (χ4v) is 2.23. The summed E-state index contributed by atoms with van der Waals surface area (Å²) in [6.07, 6.45) is 0. The lowest BCUT2D eigenvalue weighted by Gasteiger charge is -2.09. The lowest BCUT2D eigenvalue weighted by atomic mass is 10.1. The van der Waals surface area contributed by atoms with E-state index in [0.717, 1.165) is 20.9 Å². The molecular weight excluding hydrogens is 331 g/mol. The van der Waals surface area contributed by atoms with Crippen LogP contribution < -0.4 is 0 Å². The molecule has 0 saturated heterocycles. The molecule has 0 bridgehead atoms. The minimum Gasteiger partial charge on any atom is -0.298 e. The van der Waals surface area contributed by atoms with Gasteiger partial charge in [0.05, 0.1) is 0 Å². The highest BCUT2D eigenvalue weighted by Crippen LogP contribution is 2.30. The summed E-state index contributed by atoms with van der Waals surface area (Å²) in [5.41, 5.74) is 1.94. The number of ketones is 1. The molecule has 1 atom stereocenters. The van der Waals surface area contributed by atoms with Gasteiger partial charge in [0.1, 0.15) is 5.38 Å². The van der Waals surface area contributed by atoms with Gasteiger partial charge in [-0.15, -0.1) is 11.6 Å². The van der Waals surface area contributed by atoms with Gasteiger partial charge in [-0.25, -0.2) is 0 Å². The molecule has 1 rings (SSSR count). The minimum absolute atomic E-state index is 0.0425. The Morgan fingerprint density at radius 3 is 2.71 bits per heavy atom. The maximum atomic E-state index is 11.1. The first-order chi connectivity index (χ1) is 6.56. The van der Waals surface area contributed by atoms with Gasteiger partial charge in [0.2, 0.25) is 0 Å². The minimum atomic E-state index is -0.566. The smallest absolute Gasteiger partial charge is 0.152 e. The number of carbonyl (C=O) groups is 1. The van der Waals surface area contributed by atoms with Gasteiger partial charge in [-0.1, -0.05) is 44.0 Å². The van der Waals surface area contributed by atoms with E-state index in [4.69, 9.17) is 11.6 Å². The average molecular weight is 340 g/mol. The second-order valence-corrected chi connectivity index (χ2v) is 4.81. The molecule has 1 aromatic carbocycles. The molecular formula is C10H9Br2ClO. The molecule has 0 N–H and O–H groups in total. The number of rotatable bonds is 3. The molecule has 76 valence electrons. The van der Waals surface area contributed by atoms with E-state index in [1.165, 1.54) is 6.92 Å². The van der Waals surface area contributed by atoms with E-state index in [9.17, 15) is 4.79 Å². The van der Waals surface area contributed by atoms with E-state index in [1.54, 1.807) is 0 Å². The summed E-state index contributed by atoms with van der Waals surface area (Å²) in [4.78, 5) is 11.1. The number of alkyl halides is 2. The molecule has 1 nitrogen and oxygen atoms in total. The van der Waals surface area contributed by atoms with Crippen molar-refractivity contribution in [1.82, 2.24) is 0 Å². The molecule has 1 unspecified atom stereocenters. The monoisotopic (exact) mass is 338 g/mol. The van der Waals surface area contributed by atoms with Crippen molar-refractivity contribution >= 4 is 49.2 Å². The van der Waals surface area contributed by atoms with Crippen molar-refractivity contribution in [3.8, 4) is 0 Å². The van der Waals surface area contributed by atoms with Crippen LogP contribution in [-0.2, 0) is 10.1 Å². The molecule has 0 heterocycles. The lowest BCUT2D eigenvalue weighted by Crippen LogP contribution is -2.02. The summed E-state index contributed by atoms with van der Waals surface area (Å²) < 4.78 is 0.873. The summed E-state index contributed by atoms with van der Waals surface area (Å²) in [5.74, 6) is -0.0425. The Hall–Kier alpha value is 0.140. The van der Waals surface area contributed by atoms with Gasteiger partial charge in [0, 0.05) is 9.80 Å².